The van der Waals surface area contributed by atoms with Crippen molar-refractivity contribution in [2.24, 2.45) is 5.92 Å². The minimum Gasteiger partial charge on any atom is -0.336 e. The lowest BCUT2D eigenvalue weighted by atomic mass is 10.0. The van der Waals surface area contributed by atoms with E-state index in [-0.39, 0.29) is 18.0 Å². The lowest BCUT2D eigenvalue weighted by Gasteiger charge is -2.32. The molecular weight excluding hydrogens is 290 g/mol. The number of anilines is 1. The molecule has 0 spiro atoms. The third-order valence-corrected chi connectivity index (χ3v) is 4.84. The SMILES string of the molecule is CC(C)C(C)N(C(=O)c1cccc(N2CCNC2=O)c1)C1CC1. The van der Waals surface area contributed by atoms with E-state index in [0.717, 1.165) is 18.5 Å². The van der Waals surface area contributed by atoms with Crippen molar-refractivity contribution < 1.29 is 9.59 Å². The van der Waals surface area contributed by atoms with Crippen LogP contribution in [-0.4, -0.2) is 42.0 Å². The third-order valence-electron chi connectivity index (χ3n) is 4.84. The van der Waals surface area contributed by atoms with Crippen molar-refractivity contribution in [3.05, 3.63) is 29.8 Å². The van der Waals surface area contributed by atoms with Crippen molar-refractivity contribution in [3.63, 3.8) is 0 Å². The molecule has 1 N–H and O–H groups in total. The van der Waals surface area contributed by atoms with Crippen LogP contribution in [0.5, 0.6) is 0 Å². The van der Waals surface area contributed by atoms with E-state index in [0.29, 0.717) is 30.6 Å². The summed E-state index contributed by atoms with van der Waals surface area (Å²) in [6.45, 7) is 7.72. The maximum Gasteiger partial charge on any atom is 0.321 e. The van der Waals surface area contributed by atoms with Gasteiger partial charge in [0.1, 0.15) is 0 Å². The molecule has 1 aromatic carbocycles. The first kappa shape index (κ1) is 15.8. The van der Waals surface area contributed by atoms with E-state index >= 15 is 0 Å². The molecule has 0 aromatic heterocycles. The van der Waals surface area contributed by atoms with Crippen LogP contribution in [0.2, 0.25) is 0 Å². The molecule has 0 radical (unpaired) electrons. The van der Waals surface area contributed by atoms with Crippen molar-refractivity contribution in [1.29, 1.82) is 0 Å². The van der Waals surface area contributed by atoms with Gasteiger partial charge in [-0.3, -0.25) is 9.69 Å². The zero-order chi connectivity index (χ0) is 16.6. The predicted molar refractivity (Wildman–Crippen MR) is 90.7 cm³/mol. The monoisotopic (exact) mass is 315 g/mol. The van der Waals surface area contributed by atoms with Gasteiger partial charge in [0.2, 0.25) is 0 Å². The summed E-state index contributed by atoms with van der Waals surface area (Å²) in [4.78, 5) is 28.6. The Labute approximate surface area is 137 Å². The second-order valence-electron chi connectivity index (χ2n) is 6.86. The van der Waals surface area contributed by atoms with Gasteiger partial charge in [-0.05, 0) is 43.9 Å². The van der Waals surface area contributed by atoms with Gasteiger partial charge < -0.3 is 10.2 Å². The van der Waals surface area contributed by atoms with Crippen LogP contribution < -0.4 is 10.2 Å². The number of amides is 3. The van der Waals surface area contributed by atoms with E-state index in [1.54, 1.807) is 4.90 Å². The summed E-state index contributed by atoms with van der Waals surface area (Å²) in [6.07, 6.45) is 2.19. The number of nitrogens with zero attached hydrogens (tertiary/aromatic N) is 2. The van der Waals surface area contributed by atoms with E-state index in [1.807, 2.05) is 29.2 Å². The van der Waals surface area contributed by atoms with Crippen LogP contribution in [0.1, 0.15) is 44.0 Å². The van der Waals surface area contributed by atoms with Gasteiger partial charge in [-0.1, -0.05) is 19.9 Å². The average Bonchev–Trinajstić information content (AvgIpc) is 3.27. The van der Waals surface area contributed by atoms with E-state index in [4.69, 9.17) is 0 Å². The molecule has 1 unspecified atom stereocenters. The molecule has 1 saturated heterocycles. The fraction of sp³-hybridized carbons (Fsp3) is 0.556. The Morgan fingerprint density at radius 3 is 2.61 bits per heavy atom. The van der Waals surface area contributed by atoms with Crippen molar-refractivity contribution in [1.82, 2.24) is 10.2 Å². The predicted octanol–water partition coefficient (Wildman–Crippen LogP) is 2.87. The van der Waals surface area contributed by atoms with Gasteiger partial charge in [0.25, 0.3) is 5.91 Å². The first-order chi connectivity index (χ1) is 11.0. The normalized spacial score (nSPS) is 19.0. The average molecular weight is 315 g/mol. The van der Waals surface area contributed by atoms with Crippen LogP contribution in [0.3, 0.4) is 0 Å². The molecule has 1 heterocycles. The topological polar surface area (TPSA) is 52.7 Å². The Kier molecular flexibility index (Phi) is 4.28. The van der Waals surface area contributed by atoms with Gasteiger partial charge in [-0.2, -0.15) is 0 Å². The molecule has 2 fully saturated rings. The van der Waals surface area contributed by atoms with Crippen molar-refractivity contribution in [2.45, 2.75) is 45.7 Å². The Morgan fingerprint density at radius 2 is 2.04 bits per heavy atom. The van der Waals surface area contributed by atoms with Crippen LogP contribution in [0.25, 0.3) is 0 Å². The van der Waals surface area contributed by atoms with Gasteiger partial charge in [0.05, 0.1) is 0 Å². The second-order valence-corrected chi connectivity index (χ2v) is 6.86. The molecule has 2 aliphatic rings. The number of nitrogens with one attached hydrogen (secondary N) is 1. The van der Waals surface area contributed by atoms with Gasteiger partial charge in [-0.25, -0.2) is 4.79 Å². The Hall–Kier alpha value is -2.04. The summed E-state index contributed by atoms with van der Waals surface area (Å²) in [5, 5.41) is 2.79. The number of hydrogen-bond acceptors (Lipinski definition) is 2. The number of carbonyl (C=O) groups excluding carboxylic acids is 2. The van der Waals surface area contributed by atoms with Crippen LogP contribution in [-0.2, 0) is 0 Å². The summed E-state index contributed by atoms with van der Waals surface area (Å²) >= 11 is 0. The Morgan fingerprint density at radius 1 is 1.30 bits per heavy atom. The van der Waals surface area contributed by atoms with Crippen molar-refractivity contribution in [3.8, 4) is 0 Å². The highest BCUT2D eigenvalue weighted by Crippen LogP contribution is 2.32. The summed E-state index contributed by atoms with van der Waals surface area (Å²) in [5.41, 5.74) is 1.46. The van der Waals surface area contributed by atoms with Gasteiger partial charge in [-0.15, -0.1) is 0 Å². The Bertz CT molecular complexity index is 610. The molecule has 1 saturated carbocycles. The third kappa shape index (κ3) is 3.19. The molecular formula is C18H25N3O2. The maximum absolute atomic E-state index is 13.0. The fourth-order valence-corrected chi connectivity index (χ4v) is 3.03. The smallest absolute Gasteiger partial charge is 0.321 e. The zero-order valence-electron chi connectivity index (χ0n) is 14.1. The lowest BCUT2D eigenvalue weighted by molar-refractivity contribution is 0.0628. The molecule has 3 rings (SSSR count). The summed E-state index contributed by atoms with van der Waals surface area (Å²) < 4.78 is 0. The van der Waals surface area contributed by atoms with Gasteiger partial charge >= 0.3 is 6.03 Å². The first-order valence-electron chi connectivity index (χ1n) is 8.47. The largest absolute Gasteiger partial charge is 0.336 e. The van der Waals surface area contributed by atoms with E-state index in [9.17, 15) is 9.59 Å². The number of hydrogen-bond donors (Lipinski definition) is 1. The molecule has 5 heteroatoms. The highest BCUT2D eigenvalue weighted by atomic mass is 16.2. The van der Waals surface area contributed by atoms with E-state index in [2.05, 4.69) is 26.1 Å². The van der Waals surface area contributed by atoms with E-state index < -0.39 is 0 Å². The van der Waals surface area contributed by atoms with Crippen LogP contribution in [0.4, 0.5) is 10.5 Å². The molecule has 3 amide bonds. The van der Waals surface area contributed by atoms with Crippen molar-refractivity contribution in [2.75, 3.05) is 18.0 Å². The fourth-order valence-electron chi connectivity index (χ4n) is 3.03. The molecule has 23 heavy (non-hydrogen) atoms. The second kappa shape index (κ2) is 6.22. The molecule has 1 aromatic rings. The summed E-state index contributed by atoms with van der Waals surface area (Å²) in [7, 11) is 0. The zero-order valence-corrected chi connectivity index (χ0v) is 14.1. The standard InChI is InChI=1S/C18H25N3O2/c1-12(2)13(3)21(15-7-8-15)17(22)14-5-4-6-16(11-14)20-10-9-19-18(20)23/h4-6,11-13,15H,7-10H2,1-3H3,(H,19,23). The number of carbonyl (C=O) groups is 2. The van der Waals surface area contributed by atoms with Crippen LogP contribution in [0, 0.1) is 5.92 Å². The molecule has 1 aliphatic carbocycles. The van der Waals surface area contributed by atoms with Crippen molar-refractivity contribution >= 4 is 17.6 Å². The van der Waals surface area contributed by atoms with Crippen LogP contribution in [0.15, 0.2) is 24.3 Å². The highest BCUT2D eigenvalue weighted by molar-refractivity contribution is 5.98. The first-order valence-corrected chi connectivity index (χ1v) is 8.47. The quantitative estimate of drug-likeness (QED) is 0.908. The highest BCUT2D eigenvalue weighted by Gasteiger charge is 2.37. The Balaban J connectivity index is 1.85. The number of benzene rings is 1. The van der Waals surface area contributed by atoms with Gasteiger partial charge in [0.15, 0.2) is 0 Å². The maximum atomic E-state index is 13.0. The number of rotatable bonds is 5. The molecule has 1 atom stereocenters. The molecule has 1 aliphatic heterocycles. The molecule has 124 valence electrons. The van der Waals surface area contributed by atoms with Gasteiger partial charge in [0, 0.05) is 36.4 Å². The summed E-state index contributed by atoms with van der Waals surface area (Å²) in [6, 6.07) is 7.93. The minimum atomic E-state index is -0.0933. The molecule has 0 bridgehead atoms. The molecule has 5 nitrogen and oxygen atoms in total. The van der Waals surface area contributed by atoms with Crippen LogP contribution >= 0.6 is 0 Å². The summed E-state index contributed by atoms with van der Waals surface area (Å²) in [5.74, 6) is 0.502. The minimum absolute atomic E-state index is 0.0788. The lowest BCUT2D eigenvalue weighted by Crippen LogP contribution is -2.43. The number of urea groups is 1. The van der Waals surface area contributed by atoms with E-state index in [1.165, 1.54) is 0 Å².